The number of ether oxygens (including phenoxy) is 2. The molecule has 1 amide bonds. The van der Waals surface area contributed by atoms with Crippen LogP contribution in [0.15, 0.2) is 0 Å². The summed E-state index contributed by atoms with van der Waals surface area (Å²) >= 11 is 0. The van der Waals surface area contributed by atoms with Crippen LogP contribution in [0, 0.1) is 0 Å². The van der Waals surface area contributed by atoms with Crippen molar-refractivity contribution in [1.29, 1.82) is 0 Å². The number of carbonyl (C=O) groups excluding carboxylic acids is 3. The second kappa shape index (κ2) is 49.1. The smallest absolute Gasteiger partial charge is 0.328 e. The molecule has 0 fully saturated rings. The fourth-order valence-electron chi connectivity index (χ4n) is 8.21. The number of carbonyl (C=O) groups is 3. The van der Waals surface area contributed by atoms with Gasteiger partial charge in [-0.25, -0.2) is 4.79 Å². The Morgan fingerprint density at radius 3 is 0.932 bits per heavy atom. The van der Waals surface area contributed by atoms with E-state index < -0.39 is 12.0 Å². The van der Waals surface area contributed by atoms with Crippen LogP contribution in [0.25, 0.3) is 0 Å². The fraction of sp³-hybridized carbons (Fsp3) is 0.943. The van der Waals surface area contributed by atoms with E-state index in [1.165, 1.54) is 218 Å². The minimum atomic E-state index is -0.801. The molecule has 0 aromatic heterocycles. The molecule has 0 spiro atoms. The molecule has 0 aromatic rings. The highest BCUT2D eigenvalue weighted by atomic mass is 16.5. The molecule has 0 aliphatic heterocycles. The second-order valence-electron chi connectivity index (χ2n) is 18.2. The van der Waals surface area contributed by atoms with Crippen molar-refractivity contribution in [2.24, 2.45) is 0 Å². The van der Waals surface area contributed by atoms with E-state index in [9.17, 15) is 14.4 Å². The average molecular weight is 834 g/mol. The number of hydrogen-bond acceptors (Lipinski definition) is 5. The standard InChI is InChI=1S/C53H103NO5/c1-4-7-10-13-16-19-21-23-25-27-29-31-34-37-40-43-48-58-52(56)47-46-50(54-51(55)45-42-39-36-33-18-15-12-9-6-3)53(57)59-49-44-41-38-35-32-30-28-26-24-22-20-17-14-11-8-5-2/h50H,4-49H2,1-3H3,(H,54,55). The summed E-state index contributed by atoms with van der Waals surface area (Å²) in [5.41, 5.74) is 0. The van der Waals surface area contributed by atoms with Gasteiger partial charge in [0.2, 0.25) is 5.91 Å². The van der Waals surface area contributed by atoms with Gasteiger partial charge in [0.1, 0.15) is 6.04 Å². The van der Waals surface area contributed by atoms with Crippen LogP contribution in [0.3, 0.4) is 0 Å². The number of rotatable bonds is 49. The third kappa shape index (κ3) is 45.8. The summed E-state index contributed by atoms with van der Waals surface area (Å²) in [7, 11) is 0. The SMILES string of the molecule is CCCCCCCCCCCCCCCCCCOC(=O)CCC(NC(=O)CCCCCCCCCCC)C(=O)OCCCCCCCCCCCCCCCCCC. The minimum Gasteiger partial charge on any atom is -0.466 e. The highest BCUT2D eigenvalue weighted by Gasteiger charge is 2.23. The molecule has 0 radical (unpaired) electrons. The van der Waals surface area contributed by atoms with Gasteiger partial charge in [0.25, 0.3) is 0 Å². The molecule has 1 unspecified atom stereocenters. The molecular weight excluding hydrogens is 731 g/mol. The van der Waals surface area contributed by atoms with Crippen molar-refractivity contribution in [3.63, 3.8) is 0 Å². The van der Waals surface area contributed by atoms with Crippen LogP contribution in [0.5, 0.6) is 0 Å². The van der Waals surface area contributed by atoms with Crippen molar-refractivity contribution in [3.05, 3.63) is 0 Å². The second-order valence-corrected chi connectivity index (χ2v) is 18.2. The van der Waals surface area contributed by atoms with Crippen molar-refractivity contribution >= 4 is 17.8 Å². The van der Waals surface area contributed by atoms with Gasteiger partial charge in [0.15, 0.2) is 0 Å². The highest BCUT2D eigenvalue weighted by Crippen LogP contribution is 2.16. The van der Waals surface area contributed by atoms with Crippen molar-refractivity contribution in [2.75, 3.05) is 13.2 Å². The van der Waals surface area contributed by atoms with E-state index in [4.69, 9.17) is 9.47 Å². The van der Waals surface area contributed by atoms with Crippen LogP contribution in [0.1, 0.15) is 303 Å². The van der Waals surface area contributed by atoms with Crippen molar-refractivity contribution < 1.29 is 23.9 Å². The summed E-state index contributed by atoms with van der Waals surface area (Å²) in [4.78, 5) is 38.6. The Labute approximate surface area is 368 Å². The van der Waals surface area contributed by atoms with Crippen LogP contribution in [-0.2, 0) is 23.9 Å². The molecule has 59 heavy (non-hydrogen) atoms. The predicted octanol–water partition coefficient (Wildman–Crippen LogP) is 16.8. The normalized spacial score (nSPS) is 11.8. The van der Waals surface area contributed by atoms with Crippen LogP contribution in [0.4, 0.5) is 0 Å². The molecule has 0 saturated carbocycles. The van der Waals surface area contributed by atoms with Crippen LogP contribution in [0.2, 0.25) is 0 Å². The van der Waals surface area contributed by atoms with Gasteiger partial charge in [0.05, 0.1) is 13.2 Å². The van der Waals surface area contributed by atoms with Crippen LogP contribution < -0.4 is 5.32 Å². The molecule has 6 nitrogen and oxygen atoms in total. The van der Waals surface area contributed by atoms with Gasteiger partial charge >= 0.3 is 11.9 Å². The van der Waals surface area contributed by atoms with Gasteiger partial charge in [-0.2, -0.15) is 0 Å². The number of amides is 1. The number of nitrogens with one attached hydrogen (secondary N) is 1. The Morgan fingerprint density at radius 1 is 0.339 bits per heavy atom. The van der Waals surface area contributed by atoms with E-state index in [0.29, 0.717) is 19.6 Å². The van der Waals surface area contributed by atoms with E-state index in [2.05, 4.69) is 26.1 Å². The summed E-state index contributed by atoms with van der Waals surface area (Å²) in [5.74, 6) is -0.842. The van der Waals surface area contributed by atoms with Crippen LogP contribution in [-0.4, -0.2) is 37.1 Å². The first kappa shape index (κ1) is 57.4. The molecule has 0 rings (SSSR count). The van der Waals surface area contributed by atoms with Crippen molar-refractivity contribution in [2.45, 2.75) is 309 Å². The molecule has 1 N–H and O–H groups in total. The molecule has 0 aliphatic carbocycles. The van der Waals surface area contributed by atoms with Gasteiger partial charge in [-0.05, 0) is 25.7 Å². The van der Waals surface area contributed by atoms with E-state index in [1.807, 2.05) is 0 Å². The zero-order valence-corrected chi connectivity index (χ0v) is 40.1. The van der Waals surface area contributed by atoms with E-state index in [0.717, 1.165) is 44.9 Å². The third-order valence-corrected chi connectivity index (χ3v) is 12.3. The van der Waals surface area contributed by atoms with Gasteiger partial charge in [-0.15, -0.1) is 0 Å². The van der Waals surface area contributed by atoms with E-state index in [1.54, 1.807) is 0 Å². The molecule has 0 bridgehead atoms. The van der Waals surface area contributed by atoms with Gasteiger partial charge in [0, 0.05) is 12.8 Å². The first-order valence-corrected chi connectivity index (χ1v) is 26.7. The predicted molar refractivity (Wildman–Crippen MR) is 254 cm³/mol. The van der Waals surface area contributed by atoms with Crippen molar-refractivity contribution in [3.8, 4) is 0 Å². The molecule has 1 atom stereocenters. The third-order valence-electron chi connectivity index (χ3n) is 12.3. The lowest BCUT2D eigenvalue weighted by molar-refractivity contribution is -0.149. The summed E-state index contributed by atoms with van der Waals surface area (Å²) in [6.45, 7) is 7.60. The average Bonchev–Trinajstić information content (AvgIpc) is 3.23. The number of esters is 2. The largest absolute Gasteiger partial charge is 0.466 e. The van der Waals surface area contributed by atoms with E-state index in [-0.39, 0.29) is 24.7 Å². The Hall–Kier alpha value is -1.59. The molecule has 6 heteroatoms. The Kier molecular flexibility index (Phi) is 47.7. The first-order chi connectivity index (χ1) is 29.0. The first-order valence-electron chi connectivity index (χ1n) is 26.7. The number of hydrogen-bond donors (Lipinski definition) is 1. The van der Waals surface area contributed by atoms with E-state index >= 15 is 0 Å². The highest BCUT2D eigenvalue weighted by molar-refractivity contribution is 5.85. The fourth-order valence-corrected chi connectivity index (χ4v) is 8.21. The lowest BCUT2D eigenvalue weighted by Crippen LogP contribution is -2.42. The van der Waals surface area contributed by atoms with Crippen LogP contribution >= 0.6 is 0 Å². The summed E-state index contributed by atoms with van der Waals surface area (Å²) in [5, 5.41) is 2.91. The lowest BCUT2D eigenvalue weighted by Gasteiger charge is -2.18. The zero-order valence-electron chi connectivity index (χ0n) is 40.1. The summed E-state index contributed by atoms with van der Waals surface area (Å²) < 4.78 is 11.2. The Morgan fingerprint density at radius 2 is 0.610 bits per heavy atom. The number of unbranched alkanes of at least 4 members (excludes halogenated alkanes) is 38. The topological polar surface area (TPSA) is 81.7 Å². The Balaban J connectivity index is 4.22. The maximum absolute atomic E-state index is 13.1. The van der Waals surface area contributed by atoms with Crippen molar-refractivity contribution in [1.82, 2.24) is 5.32 Å². The van der Waals surface area contributed by atoms with Gasteiger partial charge in [-0.1, -0.05) is 265 Å². The minimum absolute atomic E-state index is 0.107. The zero-order chi connectivity index (χ0) is 43.0. The molecule has 0 heterocycles. The summed E-state index contributed by atoms with van der Waals surface area (Å²) in [6.07, 6.45) is 53.2. The maximum Gasteiger partial charge on any atom is 0.328 e. The lowest BCUT2D eigenvalue weighted by atomic mass is 10.0. The van der Waals surface area contributed by atoms with Gasteiger partial charge < -0.3 is 14.8 Å². The molecule has 0 aliphatic rings. The quantitative estimate of drug-likeness (QED) is 0.0488. The monoisotopic (exact) mass is 834 g/mol. The Bertz CT molecular complexity index is 878. The maximum atomic E-state index is 13.1. The molecular formula is C53H103NO5. The molecule has 0 aromatic carbocycles. The van der Waals surface area contributed by atoms with Gasteiger partial charge in [-0.3, -0.25) is 9.59 Å². The summed E-state index contributed by atoms with van der Waals surface area (Å²) in [6, 6.07) is -0.801. The molecule has 0 saturated heterocycles. The molecule has 350 valence electrons.